The predicted octanol–water partition coefficient (Wildman–Crippen LogP) is 3.88. The lowest BCUT2D eigenvalue weighted by Gasteiger charge is -2.25. The molecule has 1 aromatic heterocycles. The van der Waals surface area contributed by atoms with Crippen molar-refractivity contribution in [3.05, 3.63) is 16.5 Å². The van der Waals surface area contributed by atoms with Gasteiger partial charge >= 0.3 is 0 Å². The van der Waals surface area contributed by atoms with E-state index in [9.17, 15) is 0 Å². The lowest BCUT2D eigenvalue weighted by atomic mass is 9.83. The topological polar surface area (TPSA) is 35.0 Å². The molecule has 0 aromatic carbocycles. The van der Waals surface area contributed by atoms with Gasteiger partial charge < -0.3 is 4.74 Å². The van der Waals surface area contributed by atoms with Gasteiger partial charge in [-0.3, -0.25) is 0 Å². The van der Waals surface area contributed by atoms with Crippen LogP contribution in [0, 0.1) is 12.8 Å². The Labute approximate surface area is 113 Å². The normalized spacial score (nSPS) is 19.7. The van der Waals surface area contributed by atoms with E-state index in [2.05, 4.69) is 9.97 Å². The molecule has 0 saturated heterocycles. The Bertz CT molecular complexity index is 442. The molecule has 1 heterocycles. The molecule has 0 atom stereocenters. The van der Waals surface area contributed by atoms with Gasteiger partial charge in [-0.15, -0.1) is 0 Å². The molecular formula is C14H19ClN2O. The average molecular weight is 267 g/mol. The molecule has 2 aliphatic carbocycles. The van der Waals surface area contributed by atoms with Crippen LogP contribution < -0.4 is 4.74 Å². The zero-order valence-electron chi connectivity index (χ0n) is 10.8. The fourth-order valence-electron chi connectivity index (χ4n) is 2.25. The van der Waals surface area contributed by atoms with Crippen LogP contribution in [0.1, 0.15) is 55.8 Å². The van der Waals surface area contributed by atoms with Crippen LogP contribution in [0.25, 0.3) is 0 Å². The quantitative estimate of drug-likeness (QED) is 0.759. The fourth-order valence-corrected chi connectivity index (χ4v) is 2.42. The minimum atomic E-state index is 0.511. The van der Waals surface area contributed by atoms with E-state index >= 15 is 0 Å². The lowest BCUT2D eigenvalue weighted by Crippen LogP contribution is -2.15. The van der Waals surface area contributed by atoms with Crippen molar-refractivity contribution >= 4 is 11.6 Å². The number of hydrogen-bond donors (Lipinski definition) is 0. The first-order valence-electron chi connectivity index (χ1n) is 6.91. The molecule has 98 valence electrons. The van der Waals surface area contributed by atoms with Gasteiger partial charge in [0.1, 0.15) is 11.0 Å². The summed E-state index contributed by atoms with van der Waals surface area (Å²) in [5.74, 6) is 2.93. The first-order valence-corrected chi connectivity index (χ1v) is 7.28. The van der Waals surface area contributed by atoms with Crippen LogP contribution in [0.4, 0.5) is 0 Å². The fraction of sp³-hybridized carbons (Fsp3) is 0.714. The lowest BCUT2D eigenvalue weighted by molar-refractivity contribution is 0.216. The third-order valence-electron chi connectivity index (χ3n) is 3.99. The molecule has 18 heavy (non-hydrogen) atoms. The van der Waals surface area contributed by atoms with Crippen molar-refractivity contribution in [3.8, 4) is 5.88 Å². The number of aromatic nitrogens is 2. The van der Waals surface area contributed by atoms with Crippen molar-refractivity contribution < 1.29 is 4.74 Å². The Balaban J connectivity index is 1.65. The molecule has 0 spiro atoms. The third kappa shape index (κ3) is 2.61. The van der Waals surface area contributed by atoms with Gasteiger partial charge in [-0.25, -0.2) is 4.98 Å². The third-order valence-corrected chi connectivity index (χ3v) is 4.36. The minimum Gasteiger partial charge on any atom is -0.477 e. The molecule has 0 bridgehead atoms. The highest BCUT2D eigenvalue weighted by Crippen LogP contribution is 2.40. The van der Waals surface area contributed by atoms with Crippen molar-refractivity contribution in [2.75, 3.05) is 6.61 Å². The zero-order valence-corrected chi connectivity index (χ0v) is 11.5. The maximum atomic E-state index is 6.14. The van der Waals surface area contributed by atoms with E-state index in [1.165, 1.54) is 32.1 Å². The molecule has 1 aromatic rings. The smallest absolute Gasteiger partial charge is 0.221 e. The van der Waals surface area contributed by atoms with Crippen molar-refractivity contribution in [2.45, 2.75) is 51.4 Å². The second-order valence-corrected chi connectivity index (χ2v) is 5.87. The molecule has 3 nitrogen and oxygen atoms in total. The molecule has 4 heteroatoms. The summed E-state index contributed by atoms with van der Waals surface area (Å²) in [7, 11) is 0. The van der Waals surface area contributed by atoms with Crippen LogP contribution in [0.2, 0.25) is 5.15 Å². The Hall–Kier alpha value is -0.830. The van der Waals surface area contributed by atoms with E-state index in [1.54, 1.807) is 0 Å². The molecule has 3 rings (SSSR count). The average Bonchev–Trinajstić information content (AvgIpc) is 3.11. The summed E-state index contributed by atoms with van der Waals surface area (Å²) in [6.45, 7) is 2.68. The van der Waals surface area contributed by atoms with Crippen molar-refractivity contribution in [1.82, 2.24) is 9.97 Å². The summed E-state index contributed by atoms with van der Waals surface area (Å²) in [5, 5.41) is 0.547. The second kappa shape index (κ2) is 5.04. The first kappa shape index (κ1) is 12.2. The van der Waals surface area contributed by atoms with Crippen LogP contribution in [-0.4, -0.2) is 16.6 Å². The molecule has 0 radical (unpaired) electrons. The standard InChI is InChI=1S/C14H19ClN2O/c1-9-12(15)16-13(11-5-6-11)17-14(9)18-8-7-10-3-2-4-10/h10-11H,2-8H2,1H3. The van der Waals surface area contributed by atoms with Crippen molar-refractivity contribution in [1.29, 1.82) is 0 Å². The van der Waals surface area contributed by atoms with Gasteiger partial charge in [0.25, 0.3) is 0 Å². The van der Waals surface area contributed by atoms with Crippen LogP contribution in [0.5, 0.6) is 5.88 Å². The highest BCUT2D eigenvalue weighted by molar-refractivity contribution is 6.30. The second-order valence-electron chi connectivity index (χ2n) is 5.51. The molecule has 0 amide bonds. The van der Waals surface area contributed by atoms with Gasteiger partial charge in [-0.05, 0) is 32.1 Å². The van der Waals surface area contributed by atoms with Crippen molar-refractivity contribution in [3.63, 3.8) is 0 Å². The van der Waals surface area contributed by atoms with Crippen LogP contribution in [0.15, 0.2) is 0 Å². The largest absolute Gasteiger partial charge is 0.477 e. The number of nitrogens with zero attached hydrogens (tertiary/aromatic N) is 2. The number of hydrogen-bond acceptors (Lipinski definition) is 3. The zero-order chi connectivity index (χ0) is 12.5. The summed E-state index contributed by atoms with van der Waals surface area (Å²) in [5.41, 5.74) is 0.870. The number of halogens is 1. The highest BCUT2D eigenvalue weighted by Gasteiger charge is 2.28. The highest BCUT2D eigenvalue weighted by atomic mass is 35.5. The summed E-state index contributed by atoms with van der Waals surface area (Å²) >= 11 is 6.14. The van der Waals surface area contributed by atoms with Gasteiger partial charge in [-0.1, -0.05) is 30.9 Å². The summed E-state index contributed by atoms with van der Waals surface area (Å²) in [6.07, 6.45) is 7.61. The van der Waals surface area contributed by atoms with Crippen LogP contribution >= 0.6 is 11.6 Å². The van der Waals surface area contributed by atoms with E-state index in [0.717, 1.165) is 30.3 Å². The van der Waals surface area contributed by atoms with Gasteiger partial charge in [0.15, 0.2) is 0 Å². The van der Waals surface area contributed by atoms with E-state index < -0.39 is 0 Å². The molecular weight excluding hydrogens is 248 g/mol. The van der Waals surface area contributed by atoms with Crippen molar-refractivity contribution in [2.24, 2.45) is 5.92 Å². The van der Waals surface area contributed by atoms with E-state index in [0.29, 0.717) is 17.0 Å². The van der Waals surface area contributed by atoms with E-state index in [-0.39, 0.29) is 0 Å². The van der Waals surface area contributed by atoms with Gasteiger partial charge in [-0.2, -0.15) is 4.98 Å². The number of rotatable bonds is 5. The molecule has 2 saturated carbocycles. The summed E-state index contributed by atoms with van der Waals surface area (Å²) in [6, 6.07) is 0. The first-order chi connectivity index (χ1) is 8.74. The maximum Gasteiger partial charge on any atom is 0.221 e. The summed E-state index contributed by atoms with van der Waals surface area (Å²) < 4.78 is 5.81. The van der Waals surface area contributed by atoms with Gasteiger partial charge in [0.05, 0.1) is 6.61 Å². The van der Waals surface area contributed by atoms with E-state index in [4.69, 9.17) is 16.3 Å². The molecule has 2 aliphatic rings. The molecule has 0 aliphatic heterocycles. The Morgan fingerprint density at radius 1 is 1.22 bits per heavy atom. The predicted molar refractivity (Wildman–Crippen MR) is 71.2 cm³/mol. The molecule has 0 N–H and O–H groups in total. The van der Waals surface area contributed by atoms with Crippen LogP contribution in [-0.2, 0) is 0 Å². The molecule has 0 unspecified atom stereocenters. The van der Waals surface area contributed by atoms with Gasteiger partial charge in [0, 0.05) is 11.5 Å². The Morgan fingerprint density at radius 2 is 2.00 bits per heavy atom. The monoisotopic (exact) mass is 266 g/mol. The molecule has 2 fully saturated rings. The van der Waals surface area contributed by atoms with Crippen LogP contribution in [0.3, 0.4) is 0 Å². The Kier molecular flexibility index (Phi) is 3.42. The number of ether oxygens (including phenoxy) is 1. The SMILES string of the molecule is Cc1c(Cl)nc(C2CC2)nc1OCCC1CCC1. The minimum absolute atomic E-state index is 0.511. The summed E-state index contributed by atoms with van der Waals surface area (Å²) in [4.78, 5) is 8.86. The van der Waals surface area contributed by atoms with Gasteiger partial charge in [0.2, 0.25) is 5.88 Å². The maximum absolute atomic E-state index is 6.14. The Morgan fingerprint density at radius 3 is 2.61 bits per heavy atom. The van der Waals surface area contributed by atoms with E-state index in [1.807, 2.05) is 6.92 Å².